The first kappa shape index (κ1) is 13.3. The molecule has 0 aromatic rings. The molecule has 2 aliphatic heterocycles. The van der Waals surface area contributed by atoms with Gasteiger partial charge in [0.05, 0.1) is 23.4 Å². The molecule has 0 bridgehead atoms. The number of hydrogen-bond acceptors (Lipinski definition) is 3. The van der Waals surface area contributed by atoms with E-state index in [1.807, 2.05) is 0 Å². The predicted octanol–water partition coefficient (Wildman–Crippen LogP) is 2.51. The van der Waals surface area contributed by atoms with Crippen LogP contribution in [0, 0.1) is 5.92 Å². The molecule has 3 atom stereocenters. The number of ether oxygens (including phenoxy) is 2. The lowest BCUT2D eigenvalue weighted by Gasteiger charge is -2.31. The van der Waals surface area contributed by atoms with Crippen molar-refractivity contribution in [2.45, 2.75) is 76.8 Å². The van der Waals surface area contributed by atoms with E-state index >= 15 is 0 Å². The third kappa shape index (κ3) is 3.01. The summed E-state index contributed by atoms with van der Waals surface area (Å²) in [6.07, 6.45) is 3.85. The Bertz CT molecular complexity index is 267. The Kier molecular flexibility index (Phi) is 3.54. The van der Waals surface area contributed by atoms with Crippen molar-refractivity contribution >= 4 is 0 Å². The molecular formula is C14H26O3. The van der Waals surface area contributed by atoms with Gasteiger partial charge in [0.2, 0.25) is 0 Å². The second-order valence-electron chi connectivity index (χ2n) is 6.71. The van der Waals surface area contributed by atoms with Crippen LogP contribution < -0.4 is 0 Å². The van der Waals surface area contributed by atoms with Gasteiger partial charge in [-0.15, -0.1) is 0 Å². The smallest absolute Gasteiger partial charge is 0.0687 e. The minimum Gasteiger partial charge on any atom is -0.393 e. The number of rotatable bonds is 3. The summed E-state index contributed by atoms with van der Waals surface area (Å²) in [5.74, 6) is 0.210. The molecule has 3 nitrogen and oxygen atoms in total. The van der Waals surface area contributed by atoms with Crippen LogP contribution in [0.4, 0.5) is 0 Å². The average Bonchev–Trinajstić information content (AvgIpc) is 2.71. The van der Waals surface area contributed by atoms with Crippen molar-refractivity contribution in [1.29, 1.82) is 0 Å². The minimum absolute atomic E-state index is 0.119. The van der Waals surface area contributed by atoms with Gasteiger partial charge < -0.3 is 14.6 Å². The van der Waals surface area contributed by atoms with Crippen molar-refractivity contribution in [1.82, 2.24) is 0 Å². The molecule has 0 saturated carbocycles. The van der Waals surface area contributed by atoms with Crippen molar-refractivity contribution in [2.24, 2.45) is 5.92 Å². The summed E-state index contributed by atoms with van der Waals surface area (Å²) in [5, 5.41) is 10.4. The van der Waals surface area contributed by atoms with Gasteiger partial charge in [0.1, 0.15) is 0 Å². The summed E-state index contributed by atoms with van der Waals surface area (Å²) in [6.45, 7) is 9.24. The first-order valence-corrected chi connectivity index (χ1v) is 6.80. The van der Waals surface area contributed by atoms with Gasteiger partial charge in [0.25, 0.3) is 0 Å². The molecule has 2 aliphatic rings. The molecule has 2 rings (SSSR count). The maximum atomic E-state index is 10.4. The van der Waals surface area contributed by atoms with Crippen LogP contribution in [0.2, 0.25) is 0 Å². The van der Waals surface area contributed by atoms with E-state index in [1.165, 1.54) is 0 Å². The molecule has 0 spiro atoms. The molecular weight excluding hydrogens is 216 g/mol. The molecule has 0 aromatic heterocycles. The SMILES string of the molecule is CC1(C)CC(C(O)CC2CCCO2)C(C)(C)O1. The fraction of sp³-hybridized carbons (Fsp3) is 1.00. The van der Waals surface area contributed by atoms with Crippen LogP contribution in [0.3, 0.4) is 0 Å². The first-order valence-electron chi connectivity index (χ1n) is 6.80. The predicted molar refractivity (Wildman–Crippen MR) is 66.9 cm³/mol. The van der Waals surface area contributed by atoms with Gasteiger partial charge in [0.15, 0.2) is 0 Å². The zero-order valence-corrected chi connectivity index (χ0v) is 11.5. The molecule has 3 heteroatoms. The Hall–Kier alpha value is -0.120. The maximum absolute atomic E-state index is 10.4. The highest BCUT2D eigenvalue weighted by atomic mass is 16.5. The lowest BCUT2D eigenvalue weighted by molar-refractivity contribution is -0.0914. The highest BCUT2D eigenvalue weighted by molar-refractivity contribution is 4.97. The Labute approximate surface area is 104 Å². The van der Waals surface area contributed by atoms with Crippen LogP contribution >= 0.6 is 0 Å². The van der Waals surface area contributed by atoms with Gasteiger partial charge in [-0.25, -0.2) is 0 Å². The van der Waals surface area contributed by atoms with Crippen LogP contribution in [0.5, 0.6) is 0 Å². The zero-order valence-electron chi connectivity index (χ0n) is 11.5. The summed E-state index contributed by atoms with van der Waals surface area (Å²) in [6, 6.07) is 0. The molecule has 3 unspecified atom stereocenters. The van der Waals surface area contributed by atoms with E-state index in [1.54, 1.807) is 0 Å². The topological polar surface area (TPSA) is 38.7 Å². The minimum atomic E-state index is -0.310. The quantitative estimate of drug-likeness (QED) is 0.826. The molecule has 100 valence electrons. The Morgan fingerprint density at radius 2 is 2.00 bits per heavy atom. The van der Waals surface area contributed by atoms with E-state index in [0.29, 0.717) is 0 Å². The molecule has 0 aliphatic carbocycles. The van der Waals surface area contributed by atoms with Crippen LogP contribution in [-0.2, 0) is 9.47 Å². The Morgan fingerprint density at radius 1 is 1.29 bits per heavy atom. The monoisotopic (exact) mass is 242 g/mol. The molecule has 0 aromatic carbocycles. The van der Waals surface area contributed by atoms with Gasteiger partial charge in [-0.1, -0.05) is 0 Å². The number of hydrogen-bond donors (Lipinski definition) is 1. The van der Waals surface area contributed by atoms with Gasteiger partial charge in [-0.2, -0.15) is 0 Å². The van der Waals surface area contributed by atoms with Gasteiger partial charge >= 0.3 is 0 Å². The standard InChI is InChI=1S/C14H26O3/c1-13(2)9-11(14(3,4)17-13)12(15)8-10-6-5-7-16-10/h10-12,15H,5-9H2,1-4H3. The third-order valence-electron chi connectivity index (χ3n) is 4.14. The van der Waals surface area contributed by atoms with E-state index in [0.717, 1.165) is 32.3 Å². The average molecular weight is 242 g/mol. The molecule has 0 amide bonds. The van der Waals surface area contributed by atoms with Crippen molar-refractivity contribution in [3.05, 3.63) is 0 Å². The molecule has 2 saturated heterocycles. The van der Waals surface area contributed by atoms with Crippen LogP contribution in [0.25, 0.3) is 0 Å². The van der Waals surface area contributed by atoms with Gasteiger partial charge in [-0.3, -0.25) is 0 Å². The molecule has 1 N–H and O–H groups in total. The summed E-state index contributed by atoms with van der Waals surface area (Å²) >= 11 is 0. The van der Waals surface area contributed by atoms with Crippen molar-refractivity contribution in [2.75, 3.05) is 6.61 Å². The lowest BCUT2D eigenvalue weighted by Crippen LogP contribution is -2.37. The van der Waals surface area contributed by atoms with Crippen LogP contribution in [0.15, 0.2) is 0 Å². The van der Waals surface area contributed by atoms with Crippen molar-refractivity contribution in [3.63, 3.8) is 0 Å². The highest BCUT2D eigenvalue weighted by Gasteiger charge is 2.49. The fourth-order valence-corrected chi connectivity index (χ4v) is 3.47. The zero-order chi connectivity index (χ0) is 12.7. The summed E-state index contributed by atoms with van der Waals surface area (Å²) in [5.41, 5.74) is -0.354. The van der Waals surface area contributed by atoms with Crippen molar-refractivity contribution < 1.29 is 14.6 Å². The Balaban J connectivity index is 1.96. The molecule has 0 radical (unpaired) electrons. The summed E-state index contributed by atoms with van der Waals surface area (Å²) < 4.78 is 11.6. The lowest BCUT2D eigenvalue weighted by atomic mass is 9.81. The van der Waals surface area contributed by atoms with Gasteiger partial charge in [-0.05, 0) is 53.4 Å². The van der Waals surface area contributed by atoms with E-state index in [-0.39, 0.29) is 29.3 Å². The van der Waals surface area contributed by atoms with E-state index in [4.69, 9.17) is 9.47 Å². The largest absolute Gasteiger partial charge is 0.393 e. The number of aliphatic hydroxyl groups is 1. The summed E-state index contributed by atoms with van der Waals surface area (Å²) in [4.78, 5) is 0. The van der Waals surface area contributed by atoms with E-state index in [9.17, 15) is 5.11 Å². The normalized spacial score (nSPS) is 37.2. The molecule has 17 heavy (non-hydrogen) atoms. The molecule has 2 heterocycles. The third-order valence-corrected chi connectivity index (χ3v) is 4.14. The van der Waals surface area contributed by atoms with Crippen LogP contribution in [0.1, 0.15) is 53.4 Å². The van der Waals surface area contributed by atoms with E-state index in [2.05, 4.69) is 27.7 Å². The van der Waals surface area contributed by atoms with Gasteiger partial charge in [0, 0.05) is 12.5 Å². The fourth-order valence-electron chi connectivity index (χ4n) is 3.47. The molecule has 2 fully saturated rings. The van der Waals surface area contributed by atoms with Crippen molar-refractivity contribution in [3.8, 4) is 0 Å². The second-order valence-corrected chi connectivity index (χ2v) is 6.71. The highest BCUT2D eigenvalue weighted by Crippen LogP contribution is 2.44. The van der Waals surface area contributed by atoms with E-state index < -0.39 is 0 Å². The Morgan fingerprint density at radius 3 is 2.47 bits per heavy atom. The van der Waals surface area contributed by atoms with Crippen LogP contribution in [-0.4, -0.2) is 35.1 Å². The second kappa shape index (κ2) is 4.52. The maximum Gasteiger partial charge on any atom is 0.0687 e. The first-order chi connectivity index (χ1) is 7.80. The summed E-state index contributed by atoms with van der Waals surface area (Å²) in [7, 11) is 0. The number of aliphatic hydroxyl groups excluding tert-OH is 1.